The number of pyridine rings is 1. The minimum Gasteiger partial charge on any atom is -0.477 e. The summed E-state index contributed by atoms with van der Waals surface area (Å²) in [5.41, 5.74) is 2.65. The van der Waals surface area contributed by atoms with E-state index < -0.39 is 11.4 Å². The minimum atomic E-state index is -1.17. The van der Waals surface area contributed by atoms with Gasteiger partial charge in [-0.25, -0.2) is 4.79 Å². The number of aromatic nitrogens is 1. The van der Waals surface area contributed by atoms with Gasteiger partial charge in [-0.2, -0.15) is 0 Å². The fourth-order valence-electron chi connectivity index (χ4n) is 4.27. The second kappa shape index (κ2) is 6.39. The molecule has 1 N–H and O–H groups in total. The van der Waals surface area contributed by atoms with Crippen LogP contribution in [0.25, 0.3) is 10.9 Å². The van der Waals surface area contributed by atoms with Gasteiger partial charge in [0.15, 0.2) is 0 Å². The molecule has 26 heavy (non-hydrogen) atoms. The number of nitrogens with zero attached hydrogens (tertiary/aromatic N) is 3. The number of benzene rings is 1. The number of carboxylic acid groups (broad SMARTS) is 1. The molecule has 7 heteroatoms. The fourth-order valence-corrected chi connectivity index (χ4v) is 4.99. The third kappa shape index (κ3) is 2.56. The largest absolute Gasteiger partial charge is 0.477 e. The smallest absolute Gasteiger partial charge is 0.341 e. The molecule has 1 unspecified atom stereocenters. The van der Waals surface area contributed by atoms with Crippen molar-refractivity contribution in [2.24, 2.45) is 0 Å². The van der Waals surface area contributed by atoms with Crippen molar-refractivity contribution in [1.82, 2.24) is 9.47 Å². The number of carbonyl (C=O) groups is 1. The number of hydrogen-bond donors (Lipinski definition) is 1. The highest BCUT2D eigenvalue weighted by Crippen LogP contribution is 2.42. The molecule has 0 saturated carbocycles. The Kier molecular flexibility index (Phi) is 4.31. The highest BCUT2D eigenvalue weighted by Gasteiger charge is 2.30. The molecule has 0 radical (unpaired) electrons. The van der Waals surface area contributed by atoms with Crippen molar-refractivity contribution >= 4 is 38.5 Å². The number of aromatic carboxylic acids is 1. The van der Waals surface area contributed by atoms with Gasteiger partial charge in [0.2, 0.25) is 5.43 Å². The Bertz CT molecular complexity index is 961. The molecule has 2 aliphatic rings. The maximum absolute atomic E-state index is 12.7. The van der Waals surface area contributed by atoms with Crippen molar-refractivity contribution in [2.45, 2.75) is 26.3 Å². The minimum absolute atomic E-state index is 0.135. The summed E-state index contributed by atoms with van der Waals surface area (Å²) < 4.78 is 2.85. The van der Waals surface area contributed by atoms with Gasteiger partial charge in [0, 0.05) is 53.8 Å². The van der Waals surface area contributed by atoms with Crippen LogP contribution in [0.1, 0.15) is 35.8 Å². The molecule has 138 valence electrons. The van der Waals surface area contributed by atoms with Crippen LogP contribution in [0.3, 0.4) is 0 Å². The monoisotopic (exact) mass is 419 g/mol. The second-order valence-corrected chi connectivity index (χ2v) is 7.99. The fraction of sp³-hybridized carbons (Fsp3) is 0.474. The Morgan fingerprint density at radius 3 is 2.62 bits per heavy atom. The van der Waals surface area contributed by atoms with Gasteiger partial charge in [-0.05, 0) is 41.9 Å². The normalized spacial score (nSPS) is 20.1. The van der Waals surface area contributed by atoms with Gasteiger partial charge in [0.25, 0.3) is 0 Å². The lowest BCUT2D eigenvalue weighted by Crippen LogP contribution is -2.46. The van der Waals surface area contributed by atoms with E-state index >= 15 is 0 Å². The molecule has 6 nitrogen and oxygen atoms in total. The highest BCUT2D eigenvalue weighted by molar-refractivity contribution is 9.10. The zero-order chi connectivity index (χ0) is 18.6. The number of halogens is 1. The number of anilines is 1. The molecule has 2 aromatic rings. The lowest BCUT2D eigenvalue weighted by atomic mass is 10.0. The topological polar surface area (TPSA) is 65.8 Å². The molecule has 0 spiro atoms. The first-order valence-corrected chi connectivity index (χ1v) is 9.82. The van der Waals surface area contributed by atoms with Crippen LogP contribution in [-0.2, 0) is 6.42 Å². The van der Waals surface area contributed by atoms with E-state index in [9.17, 15) is 14.7 Å². The Labute approximate surface area is 160 Å². The van der Waals surface area contributed by atoms with Crippen LogP contribution in [0.2, 0.25) is 0 Å². The molecule has 1 saturated heterocycles. The molecule has 3 heterocycles. The SMILES string of the molecule is CCN1CCN(c2c(Br)cc3c(=O)c(C(=O)O)cn4c3c2CC4C)CC1. The molecule has 1 atom stereocenters. The number of likely N-dealkylation sites (N-methyl/N-ethyl adjacent to an activating group) is 1. The van der Waals surface area contributed by atoms with Gasteiger partial charge >= 0.3 is 5.97 Å². The summed E-state index contributed by atoms with van der Waals surface area (Å²) in [5.74, 6) is -1.17. The van der Waals surface area contributed by atoms with Gasteiger partial charge < -0.3 is 19.5 Å². The molecular weight excluding hydrogens is 398 g/mol. The summed E-state index contributed by atoms with van der Waals surface area (Å²) in [7, 11) is 0. The predicted octanol–water partition coefficient (Wildman–Crippen LogP) is 2.72. The first kappa shape index (κ1) is 17.5. The van der Waals surface area contributed by atoms with E-state index in [-0.39, 0.29) is 11.6 Å². The summed E-state index contributed by atoms with van der Waals surface area (Å²) in [4.78, 5) is 29.0. The average molecular weight is 420 g/mol. The van der Waals surface area contributed by atoms with Gasteiger partial charge in [-0.3, -0.25) is 4.79 Å². The third-order valence-corrected chi connectivity index (χ3v) is 6.28. The van der Waals surface area contributed by atoms with Crippen molar-refractivity contribution in [2.75, 3.05) is 37.6 Å². The molecule has 0 bridgehead atoms. The first-order valence-electron chi connectivity index (χ1n) is 9.03. The summed E-state index contributed by atoms with van der Waals surface area (Å²) in [6.45, 7) is 9.28. The molecular formula is C19H22BrN3O3. The van der Waals surface area contributed by atoms with Gasteiger partial charge in [-0.15, -0.1) is 0 Å². The number of rotatable bonds is 3. The van der Waals surface area contributed by atoms with Crippen molar-refractivity contribution in [3.05, 3.63) is 38.1 Å². The van der Waals surface area contributed by atoms with Crippen LogP contribution < -0.4 is 10.3 Å². The van der Waals surface area contributed by atoms with E-state index in [2.05, 4.69) is 39.6 Å². The van der Waals surface area contributed by atoms with Crippen molar-refractivity contribution in [3.8, 4) is 0 Å². The summed E-state index contributed by atoms with van der Waals surface area (Å²) in [6.07, 6.45) is 2.32. The van der Waals surface area contributed by atoms with Crippen LogP contribution in [0.4, 0.5) is 5.69 Å². The van der Waals surface area contributed by atoms with Crippen LogP contribution in [0, 0.1) is 0 Å². The summed E-state index contributed by atoms with van der Waals surface area (Å²) in [6, 6.07) is 1.94. The van der Waals surface area contributed by atoms with Crippen molar-refractivity contribution < 1.29 is 9.90 Å². The Balaban J connectivity index is 1.91. The predicted molar refractivity (Wildman–Crippen MR) is 106 cm³/mol. The van der Waals surface area contributed by atoms with E-state index in [1.54, 1.807) is 0 Å². The lowest BCUT2D eigenvalue weighted by Gasteiger charge is -2.37. The van der Waals surface area contributed by atoms with Gasteiger partial charge in [-0.1, -0.05) is 6.92 Å². The third-order valence-electron chi connectivity index (χ3n) is 5.68. The van der Waals surface area contributed by atoms with E-state index in [0.29, 0.717) is 5.39 Å². The van der Waals surface area contributed by atoms with Crippen LogP contribution in [-0.4, -0.2) is 53.3 Å². The van der Waals surface area contributed by atoms with Crippen LogP contribution in [0.5, 0.6) is 0 Å². The van der Waals surface area contributed by atoms with E-state index in [1.165, 1.54) is 6.20 Å². The molecule has 1 aromatic heterocycles. The summed E-state index contributed by atoms with van der Waals surface area (Å²) in [5, 5.41) is 9.88. The first-order chi connectivity index (χ1) is 12.4. The molecule has 2 aliphatic heterocycles. The van der Waals surface area contributed by atoms with Crippen LogP contribution >= 0.6 is 15.9 Å². The van der Waals surface area contributed by atoms with Crippen LogP contribution in [0.15, 0.2) is 21.5 Å². The summed E-state index contributed by atoms with van der Waals surface area (Å²) >= 11 is 3.66. The average Bonchev–Trinajstić information content (AvgIpc) is 2.94. The lowest BCUT2D eigenvalue weighted by molar-refractivity contribution is 0.0695. The standard InChI is InChI=1S/C19H22BrN3O3/c1-3-21-4-6-22(7-5-21)17-12-8-11(2)23-10-14(19(25)26)18(24)13(16(12)23)9-15(17)20/h9-11H,3-8H2,1-2H3,(H,25,26). The molecule has 1 aromatic carbocycles. The Morgan fingerprint density at radius 1 is 1.31 bits per heavy atom. The van der Waals surface area contributed by atoms with E-state index in [0.717, 1.165) is 60.4 Å². The highest BCUT2D eigenvalue weighted by atomic mass is 79.9. The number of hydrogen-bond acceptors (Lipinski definition) is 4. The van der Waals surface area contributed by atoms with Crippen molar-refractivity contribution in [3.63, 3.8) is 0 Å². The Hall–Kier alpha value is -1.86. The maximum Gasteiger partial charge on any atom is 0.341 e. The molecule has 0 aliphatic carbocycles. The Morgan fingerprint density at radius 2 is 2.00 bits per heavy atom. The number of carboxylic acids is 1. The second-order valence-electron chi connectivity index (χ2n) is 7.14. The number of piperazine rings is 1. The van der Waals surface area contributed by atoms with Gasteiger partial charge in [0.1, 0.15) is 5.56 Å². The quantitative estimate of drug-likeness (QED) is 0.828. The van der Waals surface area contributed by atoms with Gasteiger partial charge in [0.05, 0.1) is 11.2 Å². The maximum atomic E-state index is 12.7. The van der Waals surface area contributed by atoms with E-state index in [1.807, 2.05) is 10.6 Å². The molecule has 1 fully saturated rings. The van der Waals surface area contributed by atoms with Crippen molar-refractivity contribution in [1.29, 1.82) is 0 Å². The molecule has 4 rings (SSSR count). The zero-order valence-electron chi connectivity index (χ0n) is 15.0. The van der Waals surface area contributed by atoms with E-state index in [4.69, 9.17) is 0 Å². The molecule has 0 amide bonds. The zero-order valence-corrected chi connectivity index (χ0v) is 16.5.